The number of nitrogens with zero attached hydrogens (tertiary/aromatic N) is 2. The lowest BCUT2D eigenvalue weighted by atomic mass is 10.00. The first-order valence-corrected chi connectivity index (χ1v) is 14.4. The van der Waals surface area contributed by atoms with Gasteiger partial charge in [-0.1, -0.05) is 15.9 Å². The molecule has 41 heavy (non-hydrogen) atoms. The van der Waals surface area contributed by atoms with Crippen LogP contribution in [0.5, 0.6) is 11.5 Å². The third kappa shape index (κ3) is 5.01. The maximum absolute atomic E-state index is 14.2. The molecule has 0 saturated carbocycles. The summed E-state index contributed by atoms with van der Waals surface area (Å²) in [6, 6.07) is 10.4. The highest BCUT2D eigenvalue weighted by molar-refractivity contribution is 7.81. The van der Waals surface area contributed by atoms with E-state index in [4.69, 9.17) is 15.9 Å². The van der Waals surface area contributed by atoms with E-state index in [0.717, 1.165) is 29.9 Å². The summed E-state index contributed by atoms with van der Waals surface area (Å²) in [5.41, 5.74) is 3.55. The molecule has 11 heteroatoms. The monoisotopic (exact) mass is 575 g/mol. The van der Waals surface area contributed by atoms with Gasteiger partial charge in [0.05, 0.1) is 28.6 Å². The first-order chi connectivity index (χ1) is 19.6. The molecule has 0 unspecified atom stereocenters. The number of benzene rings is 2. The molecule has 0 aliphatic carbocycles. The Bertz CT molecular complexity index is 2040. The van der Waals surface area contributed by atoms with E-state index in [1.807, 2.05) is 38.1 Å². The van der Waals surface area contributed by atoms with E-state index in [9.17, 15) is 17.1 Å². The second-order valence-corrected chi connectivity index (χ2v) is 11.2. The molecule has 1 saturated heterocycles. The summed E-state index contributed by atoms with van der Waals surface area (Å²) >= 11 is 0. The van der Waals surface area contributed by atoms with Crippen LogP contribution in [0.1, 0.15) is 38.3 Å². The first kappa shape index (κ1) is 26.8. The number of nitrogens with one attached hydrogen (secondary N) is 1. The molecule has 0 atom stereocenters. The minimum absolute atomic E-state index is 0.0173. The van der Waals surface area contributed by atoms with Crippen LogP contribution < -0.4 is 14.3 Å². The summed E-state index contributed by atoms with van der Waals surface area (Å²) < 4.78 is 53.9. The van der Waals surface area contributed by atoms with E-state index in [1.54, 1.807) is 6.07 Å². The fourth-order valence-corrected chi connectivity index (χ4v) is 5.84. The molecule has 1 N–H and O–H groups in total. The van der Waals surface area contributed by atoms with Crippen LogP contribution in [-0.2, 0) is 15.2 Å². The van der Waals surface area contributed by atoms with Crippen molar-refractivity contribution in [3.8, 4) is 35.0 Å². The van der Waals surface area contributed by atoms with E-state index >= 15 is 0 Å². The van der Waals surface area contributed by atoms with Crippen molar-refractivity contribution in [1.29, 1.82) is 0 Å². The molecular weight excluding hydrogens is 549 g/mol. The van der Waals surface area contributed by atoms with Crippen molar-refractivity contribution in [3.63, 3.8) is 0 Å². The number of aromatic amines is 1. The topological polar surface area (TPSA) is 113 Å². The number of terminal acetylenes is 1. The second-order valence-electron chi connectivity index (χ2n) is 10.2. The highest BCUT2D eigenvalue weighted by atomic mass is 32.3. The summed E-state index contributed by atoms with van der Waals surface area (Å²) in [6.45, 7) is 4.86. The van der Waals surface area contributed by atoms with Crippen molar-refractivity contribution in [1.82, 2.24) is 14.5 Å². The number of ether oxygens (including phenoxy) is 2. The summed E-state index contributed by atoms with van der Waals surface area (Å²) in [5, 5.41) is 1.77. The molecule has 6 rings (SSSR count). The average molecular weight is 576 g/mol. The Hall–Kier alpha value is -4.40. The number of rotatable bonds is 6. The summed E-state index contributed by atoms with van der Waals surface area (Å²) in [5.74, 6) is 2.74. The number of H-pyrrole nitrogens is 1. The van der Waals surface area contributed by atoms with Gasteiger partial charge in [-0.2, -0.15) is 8.42 Å². The molecule has 3 aromatic heterocycles. The van der Waals surface area contributed by atoms with Crippen LogP contribution in [0, 0.1) is 12.3 Å². The van der Waals surface area contributed by atoms with Gasteiger partial charge in [-0.25, -0.2) is 0 Å². The van der Waals surface area contributed by atoms with Crippen LogP contribution in [0.15, 0.2) is 53.6 Å². The second kappa shape index (κ2) is 10.2. The minimum atomic E-state index is -5.25. The molecule has 210 valence electrons. The van der Waals surface area contributed by atoms with Gasteiger partial charge in [0.15, 0.2) is 11.2 Å². The number of fused-ring (bicyclic) bond motifs is 4. The molecule has 0 spiro atoms. The molecule has 1 aliphatic rings. The highest BCUT2D eigenvalue weighted by Gasteiger charge is 2.25. The van der Waals surface area contributed by atoms with Gasteiger partial charge in [0.25, 0.3) is 0 Å². The molecule has 0 bridgehead atoms. The molecule has 5 aromatic rings. The zero-order chi connectivity index (χ0) is 28.9. The SMILES string of the molecule is C#Cc1ccc2c(c1)[nH]c1c2c(=O)c2cc(OC(C)C)c(-c3cncc(OS(=O)(=O)F)c3)cc2n1C1CCOCC1. The molecule has 4 heterocycles. The Kier molecular flexibility index (Phi) is 6.68. The number of hydrogen-bond donors (Lipinski definition) is 1. The lowest BCUT2D eigenvalue weighted by Gasteiger charge is -2.28. The van der Waals surface area contributed by atoms with Gasteiger partial charge in [-0.3, -0.25) is 9.78 Å². The van der Waals surface area contributed by atoms with Gasteiger partial charge in [0.2, 0.25) is 0 Å². The molecule has 0 radical (unpaired) electrons. The Morgan fingerprint density at radius 2 is 1.93 bits per heavy atom. The molecule has 1 fully saturated rings. The number of pyridine rings is 2. The zero-order valence-electron chi connectivity index (χ0n) is 22.3. The van der Waals surface area contributed by atoms with Crippen LogP contribution in [0.2, 0.25) is 0 Å². The fraction of sp³-hybridized carbons (Fsp3) is 0.267. The lowest BCUT2D eigenvalue weighted by Crippen LogP contribution is -2.22. The molecule has 2 aromatic carbocycles. The third-order valence-electron chi connectivity index (χ3n) is 7.15. The van der Waals surface area contributed by atoms with Crippen molar-refractivity contribution in [3.05, 3.63) is 64.6 Å². The minimum Gasteiger partial charge on any atom is -0.490 e. The Balaban J connectivity index is 1.70. The van der Waals surface area contributed by atoms with E-state index in [2.05, 4.69) is 24.6 Å². The summed E-state index contributed by atoms with van der Waals surface area (Å²) in [6.07, 6.45) is 9.45. The van der Waals surface area contributed by atoms with E-state index in [1.165, 1.54) is 12.3 Å². The van der Waals surface area contributed by atoms with E-state index in [-0.39, 0.29) is 23.3 Å². The van der Waals surface area contributed by atoms with Crippen molar-refractivity contribution in [2.75, 3.05) is 13.2 Å². The molecule has 9 nitrogen and oxygen atoms in total. The van der Waals surface area contributed by atoms with E-state index < -0.39 is 10.5 Å². The van der Waals surface area contributed by atoms with E-state index in [0.29, 0.717) is 57.6 Å². The van der Waals surface area contributed by atoms with Gasteiger partial charge < -0.3 is 23.2 Å². The normalized spacial score (nSPS) is 14.6. The Morgan fingerprint density at radius 1 is 1.15 bits per heavy atom. The zero-order valence-corrected chi connectivity index (χ0v) is 23.1. The predicted molar refractivity (Wildman–Crippen MR) is 154 cm³/mol. The Morgan fingerprint density at radius 3 is 2.63 bits per heavy atom. The fourth-order valence-electron chi connectivity index (χ4n) is 5.51. The standard InChI is InChI=1S/C30H26FN3O6S/c1-4-18-5-6-22-25(11-18)33-30-28(22)29(35)24-14-27(39-17(2)3)23(13-26(24)34(30)20-7-9-38-10-8-20)19-12-21(16-32-15-19)40-41(31,36)37/h1,5-6,11-17,20,33H,7-10H2,2-3H3. The first-order valence-electron chi connectivity index (χ1n) is 13.1. The van der Waals surface area contributed by atoms with Crippen LogP contribution in [-0.4, -0.2) is 42.3 Å². The maximum atomic E-state index is 14.2. The lowest BCUT2D eigenvalue weighted by molar-refractivity contribution is 0.0715. The van der Waals surface area contributed by atoms with Gasteiger partial charge in [0.1, 0.15) is 11.4 Å². The molecule has 1 aliphatic heterocycles. The molecule has 0 amide bonds. The van der Waals surface area contributed by atoms with Gasteiger partial charge in [-0.05, 0) is 57.0 Å². The maximum Gasteiger partial charge on any atom is 0.488 e. The highest BCUT2D eigenvalue weighted by Crippen LogP contribution is 2.39. The quantitative estimate of drug-likeness (QED) is 0.213. The van der Waals surface area contributed by atoms with Crippen molar-refractivity contribution < 1.29 is 26.0 Å². The van der Waals surface area contributed by atoms with Gasteiger partial charge >= 0.3 is 10.5 Å². The van der Waals surface area contributed by atoms with Crippen LogP contribution in [0.3, 0.4) is 0 Å². The largest absolute Gasteiger partial charge is 0.490 e. The third-order valence-corrected chi connectivity index (χ3v) is 7.55. The van der Waals surface area contributed by atoms with Gasteiger partial charge in [0, 0.05) is 53.0 Å². The summed E-state index contributed by atoms with van der Waals surface area (Å²) in [7, 11) is -5.25. The Labute approximate surface area is 235 Å². The van der Waals surface area contributed by atoms with Crippen molar-refractivity contribution in [2.24, 2.45) is 0 Å². The van der Waals surface area contributed by atoms with Crippen molar-refractivity contribution >= 4 is 43.3 Å². The number of hydrogen-bond acceptors (Lipinski definition) is 7. The predicted octanol–water partition coefficient (Wildman–Crippen LogP) is 5.41. The van der Waals surface area contributed by atoms with Crippen LogP contribution >= 0.6 is 0 Å². The number of halogens is 1. The number of aromatic nitrogens is 3. The van der Waals surface area contributed by atoms with Crippen molar-refractivity contribution in [2.45, 2.75) is 38.8 Å². The van der Waals surface area contributed by atoms with Gasteiger partial charge in [-0.15, -0.1) is 6.42 Å². The summed E-state index contributed by atoms with van der Waals surface area (Å²) in [4.78, 5) is 21.7. The smallest absolute Gasteiger partial charge is 0.488 e. The average Bonchev–Trinajstić information content (AvgIpc) is 3.31. The van der Waals surface area contributed by atoms with Crippen LogP contribution in [0.25, 0.3) is 44.0 Å². The van der Waals surface area contributed by atoms with Crippen LogP contribution in [0.4, 0.5) is 3.89 Å². The molecular formula is C30H26FN3O6S.